The average Bonchev–Trinajstić information content (AvgIpc) is 2.33. The molecule has 0 bridgehead atoms. The smallest absolute Gasteiger partial charge is 0.318 e. The van der Waals surface area contributed by atoms with Crippen molar-refractivity contribution >= 4 is 23.5 Å². The van der Waals surface area contributed by atoms with Gasteiger partial charge < -0.3 is 15.8 Å². The summed E-state index contributed by atoms with van der Waals surface area (Å²) in [5.41, 5.74) is 5.83. The zero-order chi connectivity index (χ0) is 16.0. The Morgan fingerprint density at radius 3 is 2.52 bits per heavy atom. The first-order valence-corrected chi connectivity index (χ1v) is 6.81. The number of amides is 3. The molecule has 116 valence electrons. The minimum absolute atomic E-state index is 0.00843. The quantitative estimate of drug-likeness (QED) is 0.772. The van der Waals surface area contributed by atoms with Gasteiger partial charge in [-0.2, -0.15) is 0 Å². The number of nitrogens with two attached hydrogens (primary N) is 1. The molecule has 1 rings (SSSR count). The standard InChI is InChI=1S/C14H20ClN3O3/c1-14(2,3)17-7-9-4-5-11(10(15)6-9)21-8-12(19)18-13(16)20/h4-6,17H,7-8H2,1-3H3,(H3,16,18,19,20). The van der Waals surface area contributed by atoms with Crippen molar-refractivity contribution in [1.29, 1.82) is 0 Å². The molecule has 0 radical (unpaired) electrons. The van der Waals surface area contributed by atoms with Crippen molar-refractivity contribution in [3.05, 3.63) is 28.8 Å². The summed E-state index contributed by atoms with van der Waals surface area (Å²) in [6.07, 6.45) is 0. The number of urea groups is 1. The predicted octanol–water partition coefficient (Wildman–Crippen LogP) is 1.80. The van der Waals surface area contributed by atoms with Crippen LogP contribution < -0.4 is 21.1 Å². The summed E-state index contributed by atoms with van der Waals surface area (Å²) in [4.78, 5) is 21.7. The lowest BCUT2D eigenvalue weighted by Crippen LogP contribution is -2.38. The van der Waals surface area contributed by atoms with Gasteiger partial charge in [0.2, 0.25) is 0 Å². The zero-order valence-electron chi connectivity index (χ0n) is 12.3. The molecule has 7 heteroatoms. The van der Waals surface area contributed by atoms with Crippen LogP contribution in [0.1, 0.15) is 26.3 Å². The van der Waals surface area contributed by atoms with Crippen molar-refractivity contribution in [3.8, 4) is 5.75 Å². The van der Waals surface area contributed by atoms with Gasteiger partial charge >= 0.3 is 6.03 Å². The Bertz CT molecular complexity index is 527. The van der Waals surface area contributed by atoms with Crippen LogP contribution in [0.4, 0.5) is 4.79 Å². The van der Waals surface area contributed by atoms with Gasteiger partial charge in [0.25, 0.3) is 5.91 Å². The van der Waals surface area contributed by atoms with Crippen LogP contribution in [0.3, 0.4) is 0 Å². The van der Waals surface area contributed by atoms with Crippen molar-refractivity contribution < 1.29 is 14.3 Å². The molecule has 0 aliphatic carbocycles. The molecule has 0 aromatic heterocycles. The molecule has 21 heavy (non-hydrogen) atoms. The number of imide groups is 1. The number of halogens is 1. The van der Waals surface area contributed by atoms with E-state index in [1.807, 2.05) is 11.4 Å². The second-order valence-electron chi connectivity index (χ2n) is 5.57. The predicted molar refractivity (Wildman–Crippen MR) is 81.3 cm³/mol. The van der Waals surface area contributed by atoms with Crippen LogP contribution in [0.25, 0.3) is 0 Å². The first-order valence-electron chi connectivity index (χ1n) is 6.43. The van der Waals surface area contributed by atoms with E-state index in [0.29, 0.717) is 17.3 Å². The van der Waals surface area contributed by atoms with Gasteiger partial charge in [0.15, 0.2) is 6.61 Å². The Labute approximate surface area is 129 Å². The molecule has 0 aliphatic heterocycles. The second-order valence-corrected chi connectivity index (χ2v) is 5.98. The number of nitrogens with one attached hydrogen (secondary N) is 2. The summed E-state index contributed by atoms with van der Waals surface area (Å²) in [6.45, 7) is 6.56. The Kier molecular flexibility index (Phi) is 5.99. The minimum atomic E-state index is -0.918. The van der Waals surface area contributed by atoms with Gasteiger partial charge in [-0.05, 0) is 38.5 Å². The molecule has 0 atom stereocenters. The van der Waals surface area contributed by atoms with E-state index in [0.717, 1.165) is 5.56 Å². The first-order chi connectivity index (χ1) is 9.67. The molecule has 0 fully saturated rings. The van der Waals surface area contributed by atoms with Crippen molar-refractivity contribution in [2.75, 3.05) is 6.61 Å². The van der Waals surface area contributed by atoms with E-state index in [1.165, 1.54) is 0 Å². The van der Waals surface area contributed by atoms with Crippen LogP contribution in [0.15, 0.2) is 18.2 Å². The second kappa shape index (κ2) is 7.28. The van der Waals surface area contributed by atoms with Gasteiger partial charge in [0.1, 0.15) is 5.75 Å². The number of carbonyl (C=O) groups excluding carboxylic acids is 2. The Balaban J connectivity index is 2.58. The van der Waals surface area contributed by atoms with Crippen LogP contribution in [0.5, 0.6) is 5.75 Å². The van der Waals surface area contributed by atoms with Gasteiger partial charge in [0.05, 0.1) is 5.02 Å². The van der Waals surface area contributed by atoms with Gasteiger partial charge in [-0.25, -0.2) is 4.79 Å². The molecule has 0 unspecified atom stereocenters. The minimum Gasteiger partial charge on any atom is -0.482 e. The molecule has 1 aromatic rings. The highest BCUT2D eigenvalue weighted by molar-refractivity contribution is 6.32. The Hall–Kier alpha value is -1.79. The molecule has 0 aliphatic rings. The summed E-state index contributed by atoms with van der Waals surface area (Å²) in [5, 5.41) is 5.64. The summed E-state index contributed by atoms with van der Waals surface area (Å²) in [5.74, 6) is -0.257. The maximum atomic E-state index is 11.2. The largest absolute Gasteiger partial charge is 0.482 e. The van der Waals surface area contributed by atoms with E-state index in [2.05, 4.69) is 26.1 Å². The highest BCUT2D eigenvalue weighted by atomic mass is 35.5. The number of benzene rings is 1. The van der Waals surface area contributed by atoms with E-state index in [1.54, 1.807) is 12.1 Å². The lowest BCUT2D eigenvalue weighted by Gasteiger charge is -2.20. The van der Waals surface area contributed by atoms with E-state index in [9.17, 15) is 9.59 Å². The fourth-order valence-electron chi connectivity index (χ4n) is 1.46. The third kappa shape index (κ3) is 6.97. The van der Waals surface area contributed by atoms with Gasteiger partial charge in [-0.3, -0.25) is 10.1 Å². The first kappa shape index (κ1) is 17.3. The van der Waals surface area contributed by atoms with Crippen LogP contribution in [-0.4, -0.2) is 24.1 Å². The van der Waals surface area contributed by atoms with Gasteiger partial charge in [-0.15, -0.1) is 0 Å². The summed E-state index contributed by atoms with van der Waals surface area (Å²) in [6, 6.07) is 4.38. The van der Waals surface area contributed by atoms with Gasteiger partial charge in [-0.1, -0.05) is 17.7 Å². The highest BCUT2D eigenvalue weighted by Gasteiger charge is 2.11. The molecule has 4 N–H and O–H groups in total. The normalized spacial score (nSPS) is 11.0. The molecular formula is C14H20ClN3O3. The van der Waals surface area contributed by atoms with Crippen LogP contribution in [0, 0.1) is 0 Å². The molecule has 1 aromatic carbocycles. The summed E-state index contributed by atoms with van der Waals surface area (Å²) in [7, 11) is 0. The monoisotopic (exact) mass is 313 g/mol. The summed E-state index contributed by atoms with van der Waals surface area (Å²) >= 11 is 6.09. The third-order valence-electron chi connectivity index (χ3n) is 2.44. The Morgan fingerprint density at radius 2 is 2.00 bits per heavy atom. The van der Waals surface area contributed by atoms with Gasteiger partial charge in [0, 0.05) is 12.1 Å². The average molecular weight is 314 g/mol. The van der Waals surface area contributed by atoms with E-state index < -0.39 is 11.9 Å². The number of rotatable bonds is 5. The number of hydrogen-bond acceptors (Lipinski definition) is 4. The molecule has 0 heterocycles. The van der Waals surface area contributed by atoms with Crippen LogP contribution >= 0.6 is 11.6 Å². The highest BCUT2D eigenvalue weighted by Crippen LogP contribution is 2.25. The Morgan fingerprint density at radius 1 is 1.33 bits per heavy atom. The number of hydrogen-bond donors (Lipinski definition) is 3. The lowest BCUT2D eigenvalue weighted by atomic mass is 10.1. The van der Waals surface area contributed by atoms with Crippen molar-refractivity contribution in [2.24, 2.45) is 5.73 Å². The fourth-order valence-corrected chi connectivity index (χ4v) is 1.71. The number of carbonyl (C=O) groups is 2. The third-order valence-corrected chi connectivity index (χ3v) is 2.74. The SMILES string of the molecule is CC(C)(C)NCc1ccc(OCC(=O)NC(N)=O)c(Cl)c1. The molecular weight excluding hydrogens is 294 g/mol. The summed E-state index contributed by atoms with van der Waals surface area (Å²) < 4.78 is 5.23. The fraction of sp³-hybridized carbons (Fsp3) is 0.429. The zero-order valence-corrected chi connectivity index (χ0v) is 13.1. The molecule has 3 amide bonds. The van der Waals surface area contributed by atoms with Crippen LogP contribution in [-0.2, 0) is 11.3 Å². The number of primary amides is 1. The van der Waals surface area contributed by atoms with E-state index >= 15 is 0 Å². The van der Waals surface area contributed by atoms with Crippen molar-refractivity contribution in [1.82, 2.24) is 10.6 Å². The molecule has 0 saturated carbocycles. The number of ether oxygens (including phenoxy) is 1. The topological polar surface area (TPSA) is 93.4 Å². The van der Waals surface area contributed by atoms with Crippen molar-refractivity contribution in [2.45, 2.75) is 32.9 Å². The van der Waals surface area contributed by atoms with Crippen molar-refractivity contribution in [3.63, 3.8) is 0 Å². The molecule has 0 spiro atoms. The lowest BCUT2D eigenvalue weighted by molar-refractivity contribution is -0.121. The van der Waals surface area contributed by atoms with E-state index in [4.69, 9.17) is 22.1 Å². The molecule has 6 nitrogen and oxygen atoms in total. The maximum Gasteiger partial charge on any atom is 0.318 e. The van der Waals surface area contributed by atoms with E-state index in [-0.39, 0.29) is 12.1 Å². The maximum absolute atomic E-state index is 11.2. The molecule has 0 saturated heterocycles. The van der Waals surface area contributed by atoms with Crippen LogP contribution in [0.2, 0.25) is 5.02 Å².